The first-order valence-corrected chi connectivity index (χ1v) is 7.03. The molecule has 0 heterocycles. The number of nitrogens with zero attached hydrogens (tertiary/aromatic N) is 1. The summed E-state index contributed by atoms with van der Waals surface area (Å²) in [7, 11) is 0. The molecule has 0 aliphatic heterocycles. The van der Waals surface area contributed by atoms with Crippen molar-refractivity contribution in [1.29, 1.82) is 0 Å². The summed E-state index contributed by atoms with van der Waals surface area (Å²) >= 11 is 0. The van der Waals surface area contributed by atoms with Crippen molar-refractivity contribution in [2.24, 2.45) is 10.7 Å². The van der Waals surface area contributed by atoms with Crippen molar-refractivity contribution in [2.45, 2.75) is 20.4 Å². The second-order valence-corrected chi connectivity index (χ2v) is 5.07. The average molecular weight is 296 g/mol. The van der Waals surface area contributed by atoms with Crippen molar-refractivity contribution < 1.29 is 4.79 Å². The molecule has 0 atom stereocenters. The molecule has 0 aliphatic carbocycles. The van der Waals surface area contributed by atoms with Gasteiger partial charge in [-0.25, -0.2) is 4.99 Å². The Bertz CT molecular complexity index is 677. The summed E-state index contributed by atoms with van der Waals surface area (Å²) in [6.45, 7) is 3.95. The number of nitrogens with two attached hydrogens (primary N) is 1. The quantitative estimate of drug-likeness (QED) is 0.599. The molecule has 4 N–H and O–H groups in total. The fraction of sp³-hybridized carbons (Fsp3) is 0.176. The molecule has 2 rings (SSSR count). The molecule has 5 nitrogen and oxygen atoms in total. The van der Waals surface area contributed by atoms with E-state index < -0.39 is 0 Å². The number of carbonyl (C=O) groups excluding carboxylic acids is 1. The first-order valence-electron chi connectivity index (χ1n) is 7.03. The van der Waals surface area contributed by atoms with E-state index in [-0.39, 0.29) is 5.91 Å². The number of aryl methyl sites for hydroxylation is 1. The molecule has 0 bridgehead atoms. The lowest BCUT2D eigenvalue weighted by atomic mass is 10.2. The highest BCUT2D eigenvalue weighted by molar-refractivity contribution is 5.92. The van der Waals surface area contributed by atoms with Gasteiger partial charge in [-0.2, -0.15) is 0 Å². The predicted molar refractivity (Wildman–Crippen MR) is 90.9 cm³/mol. The van der Waals surface area contributed by atoms with Gasteiger partial charge in [0.15, 0.2) is 5.96 Å². The number of hydrogen-bond donors (Lipinski definition) is 3. The summed E-state index contributed by atoms with van der Waals surface area (Å²) in [4.78, 5) is 15.4. The minimum absolute atomic E-state index is 0.0961. The number of aliphatic imine (C=N–C) groups is 1. The van der Waals surface area contributed by atoms with E-state index in [1.54, 1.807) is 0 Å². The van der Waals surface area contributed by atoms with E-state index in [1.807, 2.05) is 55.5 Å². The highest BCUT2D eigenvalue weighted by atomic mass is 16.1. The van der Waals surface area contributed by atoms with Crippen LogP contribution in [-0.4, -0.2) is 11.9 Å². The number of nitrogens with one attached hydrogen (secondary N) is 2. The third kappa shape index (κ3) is 4.94. The van der Waals surface area contributed by atoms with Gasteiger partial charge in [-0.05, 0) is 36.8 Å². The molecule has 0 radical (unpaired) electrons. The molecule has 0 unspecified atom stereocenters. The van der Waals surface area contributed by atoms with Gasteiger partial charge in [0.2, 0.25) is 5.91 Å². The van der Waals surface area contributed by atoms with Gasteiger partial charge in [0, 0.05) is 18.3 Å². The van der Waals surface area contributed by atoms with Crippen LogP contribution in [0.1, 0.15) is 18.1 Å². The van der Waals surface area contributed by atoms with Gasteiger partial charge >= 0.3 is 0 Å². The summed E-state index contributed by atoms with van der Waals surface area (Å²) in [6, 6.07) is 15.4. The van der Waals surface area contributed by atoms with E-state index >= 15 is 0 Å². The van der Waals surface area contributed by atoms with Crippen LogP contribution in [0.4, 0.5) is 11.4 Å². The summed E-state index contributed by atoms with van der Waals surface area (Å²) in [5.74, 6) is 0.259. The maximum Gasteiger partial charge on any atom is 0.221 e. The van der Waals surface area contributed by atoms with Crippen LogP contribution < -0.4 is 16.4 Å². The molecular formula is C17H20N4O. The van der Waals surface area contributed by atoms with Crippen molar-refractivity contribution >= 4 is 23.2 Å². The monoisotopic (exact) mass is 296 g/mol. The van der Waals surface area contributed by atoms with Gasteiger partial charge in [-0.3, -0.25) is 4.79 Å². The van der Waals surface area contributed by atoms with Crippen molar-refractivity contribution in [3.63, 3.8) is 0 Å². The summed E-state index contributed by atoms with van der Waals surface area (Å²) in [5.41, 5.74) is 9.70. The predicted octanol–water partition coefficient (Wildman–Crippen LogP) is 2.88. The summed E-state index contributed by atoms with van der Waals surface area (Å²) in [6.07, 6.45) is 0. The molecular weight excluding hydrogens is 276 g/mol. The molecule has 0 fully saturated rings. The van der Waals surface area contributed by atoms with Crippen LogP contribution >= 0.6 is 0 Å². The van der Waals surface area contributed by atoms with Gasteiger partial charge in [-0.15, -0.1) is 0 Å². The van der Waals surface area contributed by atoms with E-state index in [4.69, 9.17) is 5.73 Å². The van der Waals surface area contributed by atoms with E-state index in [1.165, 1.54) is 12.5 Å². The molecule has 2 aromatic carbocycles. The topological polar surface area (TPSA) is 79.5 Å². The van der Waals surface area contributed by atoms with E-state index in [0.717, 1.165) is 16.9 Å². The van der Waals surface area contributed by atoms with E-state index in [2.05, 4.69) is 15.6 Å². The number of rotatable bonds is 4. The van der Waals surface area contributed by atoms with Crippen molar-refractivity contribution in [2.75, 3.05) is 10.6 Å². The molecule has 0 aromatic heterocycles. The number of amides is 1. The number of benzene rings is 2. The van der Waals surface area contributed by atoms with Crippen LogP contribution in [0, 0.1) is 6.92 Å². The SMILES string of the molecule is CC(=O)Nc1cccc(CN=C(N)Nc2ccc(C)cc2)c1. The Kier molecular flexibility index (Phi) is 5.14. The van der Waals surface area contributed by atoms with Crippen LogP contribution in [0.15, 0.2) is 53.5 Å². The highest BCUT2D eigenvalue weighted by Crippen LogP contribution is 2.12. The maximum atomic E-state index is 11.0. The Labute approximate surface area is 130 Å². The van der Waals surface area contributed by atoms with Gasteiger partial charge in [0.05, 0.1) is 6.54 Å². The zero-order valence-electron chi connectivity index (χ0n) is 12.8. The Hall–Kier alpha value is -2.82. The Morgan fingerprint density at radius 3 is 2.50 bits per heavy atom. The first kappa shape index (κ1) is 15.6. The largest absolute Gasteiger partial charge is 0.370 e. The van der Waals surface area contributed by atoms with Gasteiger partial charge in [-0.1, -0.05) is 29.8 Å². The van der Waals surface area contributed by atoms with Crippen molar-refractivity contribution in [1.82, 2.24) is 0 Å². The maximum absolute atomic E-state index is 11.0. The van der Waals surface area contributed by atoms with Crippen molar-refractivity contribution in [3.05, 3.63) is 59.7 Å². The van der Waals surface area contributed by atoms with Crippen LogP contribution in [0.5, 0.6) is 0 Å². The Balaban J connectivity index is 1.98. The van der Waals surface area contributed by atoms with Crippen molar-refractivity contribution in [3.8, 4) is 0 Å². The highest BCUT2D eigenvalue weighted by Gasteiger charge is 1.99. The van der Waals surface area contributed by atoms with Crippen LogP contribution in [0.3, 0.4) is 0 Å². The smallest absolute Gasteiger partial charge is 0.221 e. The zero-order valence-corrected chi connectivity index (χ0v) is 12.8. The van der Waals surface area contributed by atoms with Gasteiger partial charge in [0.25, 0.3) is 0 Å². The third-order valence-corrected chi connectivity index (χ3v) is 3.00. The zero-order chi connectivity index (χ0) is 15.9. The average Bonchev–Trinajstić information content (AvgIpc) is 2.47. The molecule has 0 saturated carbocycles. The Morgan fingerprint density at radius 1 is 1.09 bits per heavy atom. The second kappa shape index (κ2) is 7.26. The molecule has 22 heavy (non-hydrogen) atoms. The molecule has 0 saturated heterocycles. The number of carbonyl (C=O) groups is 1. The lowest BCUT2D eigenvalue weighted by molar-refractivity contribution is -0.114. The second-order valence-electron chi connectivity index (χ2n) is 5.07. The van der Waals surface area contributed by atoms with E-state index in [9.17, 15) is 4.79 Å². The van der Waals surface area contributed by atoms with Crippen LogP contribution in [0.2, 0.25) is 0 Å². The molecule has 1 amide bonds. The lowest BCUT2D eigenvalue weighted by Gasteiger charge is -2.07. The minimum atomic E-state index is -0.0961. The fourth-order valence-electron chi connectivity index (χ4n) is 1.95. The summed E-state index contributed by atoms with van der Waals surface area (Å²) in [5, 5.41) is 5.79. The van der Waals surface area contributed by atoms with Crippen LogP contribution in [-0.2, 0) is 11.3 Å². The third-order valence-electron chi connectivity index (χ3n) is 3.00. The molecule has 0 aliphatic rings. The molecule has 0 spiro atoms. The number of hydrogen-bond acceptors (Lipinski definition) is 2. The standard InChI is InChI=1S/C17H20N4O/c1-12-6-8-15(9-7-12)21-17(18)19-11-14-4-3-5-16(10-14)20-13(2)22/h3-10H,11H2,1-2H3,(H,20,22)(H3,18,19,21). The van der Waals surface area contributed by atoms with Crippen LogP contribution in [0.25, 0.3) is 0 Å². The normalized spacial score (nSPS) is 11.1. The Morgan fingerprint density at radius 2 is 1.82 bits per heavy atom. The lowest BCUT2D eigenvalue weighted by Crippen LogP contribution is -2.22. The molecule has 5 heteroatoms. The minimum Gasteiger partial charge on any atom is -0.370 e. The van der Waals surface area contributed by atoms with Gasteiger partial charge in [0.1, 0.15) is 0 Å². The number of anilines is 2. The van der Waals surface area contributed by atoms with E-state index in [0.29, 0.717) is 12.5 Å². The first-order chi connectivity index (χ1) is 10.5. The summed E-state index contributed by atoms with van der Waals surface area (Å²) < 4.78 is 0. The number of guanidine groups is 1. The molecule has 2 aromatic rings. The fourth-order valence-corrected chi connectivity index (χ4v) is 1.95. The van der Waals surface area contributed by atoms with Gasteiger partial charge < -0.3 is 16.4 Å². The molecule has 114 valence electrons.